The van der Waals surface area contributed by atoms with E-state index in [0.717, 1.165) is 10.0 Å². The largest absolute Gasteiger partial charge is 0.457 e. The van der Waals surface area contributed by atoms with E-state index in [1.165, 1.54) is 19.1 Å². The predicted molar refractivity (Wildman–Crippen MR) is 90.5 cm³/mol. The van der Waals surface area contributed by atoms with Gasteiger partial charge in [0.05, 0.1) is 18.4 Å². The topological polar surface area (TPSA) is 55.8 Å². The zero-order valence-corrected chi connectivity index (χ0v) is 14.4. The van der Waals surface area contributed by atoms with E-state index in [1.54, 1.807) is 24.3 Å². The number of hydrogen-bond donors (Lipinski definition) is 0. The number of para-hydroxylation sites is 1. The Morgan fingerprint density at radius 3 is 2.57 bits per heavy atom. The van der Waals surface area contributed by atoms with Gasteiger partial charge in [-0.05, 0) is 29.8 Å². The Labute approximate surface area is 142 Å². The Balaban J connectivity index is 2.15. The highest BCUT2D eigenvalue weighted by Crippen LogP contribution is 2.21. The van der Waals surface area contributed by atoms with Gasteiger partial charge in [0.15, 0.2) is 0 Å². The maximum atomic E-state index is 12.3. The SMILES string of the molecule is COC(=O)N(C)c1ccccc1C(=O)OCc1cccc(Br)c1. The van der Waals surface area contributed by atoms with Crippen LogP contribution in [0.2, 0.25) is 0 Å². The van der Waals surface area contributed by atoms with Crippen LogP contribution in [0, 0.1) is 0 Å². The lowest BCUT2D eigenvalue weighted by Gasteiger charge is -2.18. The summed E-state index contributed by atoms with van der Waals surface area (Å²) in [6.07, 6.45) is -0.558. The molecule has 120 valence electrons. The summed E-state index contributed by atoms with van der Waals surface area (Å²) in [5.74, 6) is -0.503. The number of ether oxygens (including phenoxy) is 2. The third kappa shape index (κ3) is 4.32. The number of anilines is 1. The first-order chi connectivity index (χ1) is 11.0. The van der Waals surface area contributed by atoms with Gasteiger partial charge < -0.3 is 9.47 Å². The quantitative estimate of drug-likeness (QED) is 0.755. The number of carbonyl (C=O) groups excluding carboxylic acids is 2. The van der Waals surface area contributed by atoms with Crippen LogP contribution in [0.5, 0.6) is 0 Å². The molecular weight excluding hydrogens is 362 g/mol. The zero-order chi connectivity index (χ0) is 16.8. The number of hydrogen-bond acceptors (Lipinski definition) is 4. The molecule has 0 unspecified atom stereocenters. The molecule has 0 N–H and O–H groups in total. The second-order valence-electron chi connectivity index (χ2n) is 4.75. The molecule has 2 rings (SSSR count). The van der Waals surface area contributed by atoms with Gasteiger partial charge in [-0.25, -0.2) is 9.59 Å². The Morgan fingerprint density at radius 2 is 1.87 bits per heavy atom. The van der Waals surface area contributed by atoms with Crippen molar-refractivity contribution in [2.45, 2.75) is 6.61 Å². The number of nitrogens with zero attached hydrogens (tertiary/aromatic N) is 1. The van der Waals surface area contributed by atoms with Crippen LogP contribution in [0.25, 0.3) is 0 Å². The van der Waals surface area contributed by atoms with Crippen LogP contribution in [0.1, 0.15) is 15.9 Å². The molecule has 0 aromatic heterocycles. The number of halogens is 1. The van der Waals surface area contributed by atoms with Crippen molar-refractivity contribution in [3.05, 3.63) is 64.1 Å². The molecule has 2 aromatic rings. The molecule has 5 nitrogen and oxygen atoms in total. The normalized spacial score (nSPS) is 10.0. The minimum atomic E-state index is -0.558. The standard InChI is InChI=1S/C17H16BrNO4/c1-19(17(21)22-2)15-9-4-3-8-14(15)16(20)23-11-12-6-5-7-13(18)10-12/h3-10H,11H2,1-2H3. The number of methoxy groups -OCH3 is 1. The van der Waals surface area contributed by atoms with Crippen molar-refractivity contribution >= 4 is 33.7 Å². The van der Waals surface area contributed by atoms with Gasteiger partial charge in [0.2, 0.25) is 0 Å². The summed E-state index contributed by atoms with van der Waals surface area (Å²) >= 11 is 3.37. The summed E-state index contributed by atoms with van der Waals surface area (Å²) in [6.45, 7) is 0.147. The molecule has 0 heterocycles. The van der Waals surface area contributed by atoms with E-state index in [2.05, 4.69) is 20.7 Å². The molecule has 0 radical (unpaired) electrons. The van der Waals surface area contributed by atoms with E-state index >= 15 is 0 Å². The van der Waals surface area contributed by atoms with Gasteiger partial charge in [-0.2, -0.15) is 0 Å². The van der Waals surface area contributed by atoms with Crippen molar-refractivity contribution in [3.63, 3.8) is 0 Å². The molecular formula is C17H16BrNO4. The Morgan fingerprint density at radius 1 is 1.13 bits per heavy atom. The fourth-order valence-electron chi connectivity index (χ4n) is 2.03. The summed E-state index contributed by atoms with van der Waals surface area (Å²) in [6, 6.07) is 14.2. The predicted octanol–water partition coefficient (Wildman–Crippen LogP) is 4.01. The smallest absolute Gasteiger partial charge is 0.413 e. The van der Waals surface area contributed by atoms with Gasteiger partial charge in [0, 0.05) is 11.5 Å². The van der Waals surface area contributed by atoms with Crippen LogP contribution in [0.15, 0.2) is 53.0 Å². The van der Waals surface area contributed by atoms with Crippen LogP contribution in [0.3, 0.4) is 0 Å². The zero-order valence-electron chi connectivity index (χ0n) is 12.8. The molecule has 0 bridgehead atoms. The van der Waals surface area contributed by atoms with E-state index in [4.69, 9.17) is 4.74 Å². The molecule has 0 fully saturated rings. The minimum absolute atomic E-state index is 0.147. The highest BCUT2D eigenvalue weighted by atomic mass is 79.9. The first-order valence-corrected chi connectivity index (χ1v) is 7.64. The van der Waals surface area contributed by atoms with Gasteiger partial charge in [0.1, 0.15) is 6.61 Å². The Hall–Kier alpha value is -2.34. The van der Waals surface area contributed by atoms with Gasteiger partial charge >= 0.3 is 12.1 Å². The Kier molecular flexibility index (Phi) is 5.76. The molecule has 6 heteroatoms. The summed E-state index contributed by atoms with van der Waals surface area (Å²) in [5, 5.41) is 0. The molecule has 0 spiro atoms. The molecule has 0 saturated heterocycles. The van der Waals surface area contributed by atoms with Gasteiger partial charge in [0.25, 0.3) is 0 Å². The van der Waals surface area contributed by atoms with E-state index in [0.29, 0.717) is 11.3 Å². The average Bonchev–Trinajstić information content (AvgIpc) is 2.58. The lowest BCUT2D eigenvalue weighted by atomic mass is 10.1. The van der Waals surface area contributed by atoms with Crippen molar-refractivity contribution in [2.75, 3.05) is 19.1 Å². The van der Waals surface area contributed by atoms with Crippen LogP contribution < -0.4 is 4.90 Å². The van der Waals surface area contributed by atoms with Gasteiger partial charge in [-0.1, -0.05) is 40.2 Å². The molecule has 1 amide bonds. The average molecular weight is 378 g/mol. The molecule has 0 saturated carbocycles. The second kappa shape index (κ2) is 7.78. The highest BCUT2D eigenvalue weighted by Gasteiger charge is 2.19. The molecule has 0 aliphatic heterocycles. The van der Waals surface area contributed by atoms with Gasteiger partial charge in [-0.3, -0.25) is 4.90 Å². The maximum Gasteiger partial charge on any atom is 0.413 e. The molecule has 23 heavy (non-hydrogen) atoms. The fraction of sp³-hybridized carbons (Fsp3) is 0.176. The van der Waals surface area contributed by atoms with Crippen molar-refractivity contribution in [1.29, 1.82) is 0 Å². The molecule has 2 aromatic carbocycles. The molecule has 0 aliphatic rings. The summed E-state index contributed by atoms with van der Waals surface area (Å²) < 4.78 is 10.9. The third-order valence-electron chi connectivity index (χ3n) is 3.19. The van der Waals surface area contributed by atoms with E-state index in [1.807, 2.05) is 24.3 Å². The number of esters is 1. The lowest BCUT2D eigenvalue weighted by molar-refractivity contribution is 0.0473. The van der Waals surface area contributed by atoms with Crippen LogP contribution in [-0.2, 0) is 16.1 Å². The summed E-state index contributed by atoms with van der Waals surface area (Å²) in [4.78, 5) is 25.2. The minimum Gasteiger partial charge on any atom is -0.457 e. The number of amides is 1. The maximum absolute atomic E-state index is 12.3. The van der Waals surface area contributed by atoms with Crippen molar-refractivity contribution < 1.29 is 19.1 Å². The summed E-state index contributed by atoms with van der Waals surface area (Å²) in [5.41, 5.74) is 1.60. The van der Waals surface area contributed by atoms with Crippen LogP contribution in [0.4, 0.5) is 10.5 Å². The first kappa shape index (κ1) is 17.0. The highest BCUT2D eigenvalue weighted by molar-refractivity contribution is 9.10. The number of rotatable bonds is 4. The fourth-order valence-corrected chi connectivity index (χ4v) is 2.47. The number of benzene rings is 2. The van der Waals surface area contributed by atoms with Crippen molar-refractivity contribution in [3.8, 4) is 0 Å². The van der Waals surface area contributed by atoms with E-state index in [9.17, 15) is 9.59 Å². The molecule has 0 atom stereocenters. The van der Waals surface area contributed by atoms with Crippen molar-refractivity contribution in [2.24, 2.45) is 0 Å². The lowest BCUT2D eigenvalue weighted by Crippen LogP contribution is -2.27. The molecule has 0 aliphatic carbocycles. The van der Waals surface area contributed by atoms with Crippen LogP contribution >= 0.6 is 15.9 Å². The van der Waals surface area contributed by atoms with Gasteiger partial charge in [-0.15, -0.1) is 0 Å². The van der Waals surface area contributed by atoms with E-state index in [-0.39, 0.29) is 6.61 Å². The first-order valence-electron chi connectivity index (χ1n) is 6.85. The van der Waals surface area contributed by atoms with Crippen LogP contribution in [-0.4, -0.2) is 26.2 Å². The van der Waals surface area contributed by atoms with E-state index < -0.39 is 12.1 Å². The Bertz CT molecular complexity index is 717. The second-order valence-corrected chi connectivity index (χ2v) is 5.67. The number of carbonyl (C=O) groups is 2. The third-order valence-corrected chi connectivity index (χ3v) is 3.69. The van der Waals surface area contributed by atoms with Crippen molar-refractivity contribution in [1.82, 2.24) is 0 Å². The summed E-state index contributed by atoms with van der Waals surface area (Å²) in [7, 11) is 2.82. The monoisotopic (exact) mass is 377 g/mol.